The number of likely N-dealkylation sites (tertiary alicyclic amines) is 1. The van der Waals surface area contributed by atoms with Gasteiger partial charge in [0, 0.05) is 30.2 Å². The number of amides is 1. The van der Waals surface area contributed by atoms with Crippen LogP contribution in [-0.2, 0) is 16.9 Å². The highest BCUT2D eigenvalue weighted by Gasteiger charge is 2.36. The number of nitrogens with one attached hydrogen (secondary N) is 1. The zero-order chi connectivity index (χ0) is 22.2. The number of piperidine rings is 1. The predicted molar refractivity (Wildman–Crippen MR) is 113 cm³/mol. The number of benzene rings is 1. The standard InChI is InChI=1S/C19H24BrN7O4/c1-18(29,11-31-2)15-9-27(25-22-15)10-19(30)3-5-26(6-4-19)17(28)12-7-13(20)16-14(8-12)21-24-23-16/h7-9,29-30H,3-6,10-11H2,1-2H3,(H,21,23,24). The Morgan fingerprint density at radius 3 is 2.81 bits per heavy atom. The molecule has 3 aromatic rings. The maximum atomic E-state index is 13.0. The van der Waals surface area contributed by atoms with Crippen molar-refractivity contribution >= 4 is 32.9 Å². The number of carbonyl (C=O) groups is 1. The van der Waals surface area contributed by atoms with E-state index < -0.39 is 11.2 Å². The molecule has 3 N–H and O–H groups in total. The average molecular weight is 494 g/mol. The maximum Gasteiger partial charge on any atom is 0.253 e. The van der Waals surface area contributed by atoms with Crippen LogP contribution in [0.3, 0.4) is 0 Å². The second kappa shape index (κ2) is 8.26. The lowest BCUT2D eigenvalue weighted by molar-refractivity contribution is -0.0323. The van der Waals surface area contributed by atoms with Crippen LogP contribution < -0.4 is 0 Å². The third-order valence-corrected chi connectivity index (χ3v) is 6.18. The summed E-state index contributed by atoms with van der Waals surface area (Å²) in [6.45, 7) is 2.72. The van der Waals surface area contributed by atoms with Crippen LogP contribution >= 0.6 is 15.9 Å². The number of methoxy groups -OCH3 is 1. The lowest BCUT2D eigenvalue weighted by Gasteiger charge is -2.38. The van der Waals surface area contributed by atoms with E-state index >= 15 is 0 Å². The number of nitrogens with zero attached hydrogens (tertiary/aromatic N) is 6. The van der Waals surface area contributed by atoms with Gasteiger partial charge < -0.3 is 19.8 Å². The summed E-state index contributed by atoms with van der Waals surface area (Å²) in [5.41, 5.74) is -0.117. The normalized spacial score (nSPS) is 18.3. The number of fused-ring (bicyclic) bond motifs is 1. The van der Waals surface area contributed by atoms with Gasteiger partial charge in [0.05, 0.1) is 24.9 Å². The predicted octanol–water partition coefficient (Wildman–Crippen LogP) is 0.833. The summed E-state index contributed by atoms with van der Waals surface area (Å²) in [6.07, 6.45) is 2.41. The van der Waals surface area contributed by atoms with Gasteiger partial charge in [-0.05, 0) is 47.8 Å². The van der Waals surface area contributed by atoms with Gasteiger partial charge in [-0.3, -0.25) is 4.79 Å². The summed E-state index contributed by atoms with van der Waals surface area (Å²) in [4.78, 5) is 14.7. The van der Waals surface area contributed by atoms with Crippen molar-refractivity contribution in [2.75, 3.05) is 26.8 Å². The monoisotopic (exact) mass is 493 g/mol. The minimum absolute atomic E-state index is 0.0866. The van der Waals surface area contributed by atoms with Crippen LogP contribution in [0.1, 0.15) is 35.8 Å². The fraction of sp³-hybridized carbons (Fsp3) is 0.526. The summed E-state index contributed by atoms with van der Waals surface area (Å²) in [5, 5.41) is 40.1. The molecule has 1 aromatic carbocycles. The van der Waals surface area contributed by atoms with Gasteiger partial charge in [-0.15, -0.1) is 5.10 Å². The molecule has 1 saturated heterocycles. The van der Waals surface area contributed by atoms with Crippen molar-refractivity contribution in [3.05, 3.63) is 34.1 Å². The van der Waals surface area contributed by atoms with Gasteiger partial charge in [-0.1, -0.05) is 5.21 Å². The van der Waals surface area contributed by atoms with Crippen molar-refractivity contribution in [1.82, 2.24) is 35.3 Å². The number of carbonyl (C=O) groups excluding carboxylic acids is 1. The highest BCUT2D eigenvalue weighted by molar-refractivity contribution is 9.10. The highest BCUT2D eigenvalue weighted by Crippen LogP contribution is 2.28. The number of H-pyrrole nitrogens is 1. The van der Waals surface area contributed by atoms with Crippen molar-refractivity contribution in [2.24, 2.45) is 0 Å². The average Bonchev–Trinajstić information content (AvgIpc) is 3.38. The molecule has 0 aliphatic carbocycles. The Hall–Kier alpha value is -2.41. The quantitative estimate of drug-likeness (QED) is 0.458. The molecule has 12 heteroatoms. The second-order valence-corrected chi connectivity index (χ2v) is 9.03. The Labute approximate surface area is 186 Å². The van der Waals surface area contributed by atoms with Crippen molar-refractivity contribution in [1.29, 1.82) is 0 Å². The van der Waals surface area contributed by atoms with Gasteiger partial charge in [0.15, 0.2) is 0 Å². The Morgan fingerprint density at radius 2 is 2.10 bits per heavy atom. The molecule has 4 rings (SSSR count). The van der Waals surface area contributed by atoms with Crippen LogP contribution in [0.15, 0.2) is 22.8 Å². The van der Waals surface area contributed by atoms with Gasteiger partial charge in [0.1, 0.15) is 22.3 Å². The van der Waals surface area contributed by atoms with E-state index in [1.54, 1.807) is 30.2 Å². The number of aromatic nitrogens is 6. The first-order chi connectivity index (χ1) is 14.7. The van der Waals surface area contributed by atoms with Crippen LogP contribution in [0.25, 0.3) is 11.0 Å². The molecule has 2 aromatic heterocycles. The molecule has 1 aliphatic heterocycles. The molecule has 1 fully saturated rings. The number of rotatable bonds is 6. The van der Waals surface area contributed by atoms with Crippen LogP contribution in [0.4, 0.5) is 0 Å². The van der Waals surface area contributed by atoms with Crippen molar-refractivity contribution in [3.63, 3.8) is 0 Å². The van der Waals surface area contributed by atoms with E-state index in [-0.39, 0.29) is 19.1 Å². The molecule has 1 amide bonds. The topological polar surface area (TPSA) is 142 Å². The number of ether oxygens (including phenoxy) is 1. The van der Waals surface area contributed by atoms with Crippen LogP contribution in [0, 0.1) is 0 Å². The Bertz CT molecular complexity index is 1090. The lowest BCUT2D eigenvalue weighted by atomic mass is 9.91. The zero-order valence-corrected chi connectivity index (χ0v) is 18.8. The van der Waals surface area contributed by atoms with Crippen molar-refractivity contribution in [2.45, 2.75) is 37.5 Å². The van der Waals surface area contributed by atoms with Crippen LogP contribution in [0.2, 0.25) is 0 Å². The third kappa shape index (κ3) is 4.47. The summed E-state index contributed by atoms with van der Waals surface area (Å²) in [7, 11) is 1.50. The molecule has 166 valence electrons. The Kier molecular flexibility index (Phi) is 5.81. The molecule has 11 nitrogen and oxygen atoms in total. The van der Waals surface area contributed by atoms with E-state index in [4.69, 9.17) is 4.74 Å². The number of hydrogen-bond donors (Lipinski definition) is 3. The van der Waals surface area contributed by atoms with Crippen LogP contribution in [0.5, 0.6) is 0 Å². The zero-order valence-electron chi connectivity index (χ0n) is 17.2. The molecule has 3 heterocycles. The van der Waals surface area contributed by atoms with Crippen molar-refractivity contribution in [3.8, 4) is 0 Å². The van der Waals surface area contributed by atoms with Crippen LogP contribution in [-0.4, -0.2) is 83.8 Å². The molecule has 1 unspecified atom stereocenters. The highest BCUT2D eigenvalue weighted by atomic mass is 79.9. The van der Waals surface area contributed by atoms with E-state index in [0.29, 0.717) is 52.7 Å². The molecule has 1 aliphatic rings. The number of aromatic amines is 1. The minimum atomic E-state index is -1.26. The molecule has 0 bridgehead atoms. The van der Waals surface area contributed by atoms with Gasteiger partial charge in [0.2, 0.25) is 0 Å². The summed E-state index contributed by atoms with van der Waals surface area (Å²) >= 11 is 3.43. The first-order valence-corrected chi connectivity index (χ1v) is 10.6. The molecule has 1 atom stereocenters. The number of halogens is 1. The minimum Gasteiger partial charge on any atom is -0.388 e. The third-order valence-electron chi connectivity index (χ3n) is 5.58. The number of aliphatic hydroxyl groups is 2. The molecule has 0 radical (unpaired) electrons. The van der Waals surface area contributed by atoms with E-state index in [1.165, 1.54) is 11.8 Å². The van der Waals surface area contributed by atoms with E-state index in [9.17, 15) is 15.0 Å². The van der Waals surface area contributed by atoms with E-state index in [0.717, 1.165) is 0 Å². The Morgan fingerprint density at radius 1 is 1.35 bits per heavy atom. The van der Waals surface area contributed by atoms with E-state index in [1.807, 2.05) is 0 Å². The smallest absolute Gasteiger partial charge is 0.253 e. The lowest BCUT2D eigenvalue weighted by Crippen LogP contribution is -2.48. The summed E-state index contributed by atoms with van der Waals surface area (Å²) in [5.74, 6) is -0.119. The molecule has 0 saturated carbocycles. The second-order valence-electron chi connectivity index (χ2n) is 8.17. The first-order valence-electron chi connectivity index (χ1n) is 9.84. The van der Waals surface area contributed by atoms with Gasteiger partial charge in [-0.2, -0.15) is 15.4 Å². The summed E-state index contributed by atoms with van der Waals surface area (Å²) in [6, 6.07) is 3.44. The van der Waals surface area contributed by atoms with Gasteiger partial charge in [0.25, 0.3) is 5.91 Å². The summed E-state index contributed by atoms with van der Waals surface area (Å²) < 4.78 is 7.23. The molecule has 31 heavy (non-hydrogen) atoms. The van der Waals surface area contributed by atoms with Gasteiger partial charge >= 0.3 is 0 Å². The fourth-order valence-corrected chi connectivity index (χ4v) is 4.32. The Balaban J connectivity index is 1.40. The molecule has 0 spiro atoms. The van der Waals surface area contributed by atoms with Gasteiger partial charge in [-0.25, -0.2) is 4.68 Å². The van der Waals surface area contributed by atoms with E-state index in [2.05, 4.69) is 41.7 Å². The maximum absolute atomic E-state index is 13.0. The van der Waals surface area contributed by atoms with Crippen molar-refractivity contribution < 1.29 is 19.7 Å². The largest absolute Gasteiger partial charge is 0.388 e. The SMILES string of the molecule is COCC(C)(O)c1cn(CC2(O)CCN(C(=O)c3cc(Br)c4n[nH]nc4c3)CC2)nn1. The number of hydrogen-bond acceptors (Lipinski definition) is 8. The molecular weight excluding hydrogens is 470 g/mol. The fourth-order valence-electron chi connectivity index (χ4n) is 3.78. The molecular formula is C19H24BrN7O4. The first kappa shape index (κ1) is 21.8.